The highest BCUT2D eigenvalue weighted by molar-refractivity contribution is 5.23. The molecule has 1 fully saturated rings. The number of hydrogen-bond donors (Lipinski definition) is 2. The number of aromatic nitrogens is 2. The summed E-state index contributed by atoms with van der Waals surface area (Å²) in [6.45, 7) is 1.10. The largest absolute Gasteiger partial charge is 0.369 e. The Morgan fingerprint density at radius 2 is 2.46 bits per heavy atom. The van der Waals surface area contributed by atoms with Gasteiger partial charge in [-0.25, -0.2) is 4.98 Å². The summed E-state index contributed by atoms with van der Waals surface area (Å²) >= 11 is 0. The van der Waals surface area contributed by atoms with Crippen molar-refractivity contribution in [3.63, 3.8) is 0 Å². The third-order valence-corrected chi connectivity index (χ3v) is 2.60. The predicted molar refractivity (Wildman–Crippen MR) is 52.2 cm³/mol. The highest BCUT2D eigenvalue weighted by Gasteiger charge is 2.17. The van der Waals surface area contributed by atoms with Crippen LogP contribution in [0.2, 0.25) is 0 Å². The van der Waals surface area contributed by atoms with E-state index in [0.29, 0.717) is 12.0 Å². The second-order valence-electron chi connectivity index (χ2n) is 3.64. The average Bonchev–Trinajstić information content (AvgIpc) is 2.49. The molecule has 0 amide bonds. The third kappa shape index (κ3) is 1.67. The number of nitrogens with zero attached hydrogens (tertiary/aromatic N) is 2. The number of aryl methyl sites for hydroxylation is 1. The molecule has 1 aliphatic rings. The van der Waals surface area contributed by atoms with Crippen molar-refractivity contribution in [1.29, 1.82) is 0 Å². The lowest BCUT2D eigenvalue weighted by Gasteiger charge is -2.21. The van der Waals surface area contributed by atoms with Gasteiger partial charge >= 0.3 is 0 Å². The summed E-state index contributed by atoms with van der Waals surface area (Å²) in [6.07, 6.45) is 5.75. The zero-order valence-corrected chi connectivity index (χ0v) is 7.95. The van der Waals surface area contributed by atoms with E-state index >= 15 is 0 Å². The molecule has 3 N–H and O–H groups in total. The summed E-state index contributed by atoms with van der Waals surface area (Å²) in [5, 5.41) is 3.44. The number of nitrogen functional groups attached to an aromatic ring is 1. The first kappa shape index (κ1) is 8.56. The number of nitrogens with one attached hydrogen (secondary N) is 1. The highest BCUT2D eigenvalue weighted by atomic mass is 15.1. The topological polar surface area (TPSA) is 55.9 Å². The molecule has 0 radical (unpaired) electrons. The van der Waals surface area contributed by atoms with E-state index in [1.54, 1.807) is 0 Å². The second kappa shape index (κ2) is 3.38. The predicted octanol–water partition coefficient (Wildman–Crippen LogP) is 0.817. The molecule has 0 unspecified atom stereocenters. The summed E-state index contributed by atoms with van der Waals surface area (Å²) in [7, 11) is 1.93. The minimum atomic E-state index is 0.414. The van der Waals surface area contributed by atoms with E-state index in [9.17, 15) is 0 Å². The number of imidazole rings is 1. The Morgan fingerprint density at radius 1 is 1.62 bits per heavy atom. The van der Waals surface area contributed by atoms with Crippen molar-refractivity contribution in [3.05, 3.63) is 11.9 Å². The summed E-state index contributed by atoms with van der Waals surface area (Å²) < 4.78 is 1.87. The molecule has 1 atom stereocenters. The number of rotatable bonds is 1. The van der Waals surface area contributed by atoms with Crippen LogP contribution in [0.3, 0.4) is 0 Å². The van der Waals surface area contributed by atoms with Crippen molar-refractivity contribution < 1.29 is 0 Å². The summed E-state index contributed by atoms with van der Waals surface area (Å²) in [4.78, 5) is 4.31. The van der Waals surface area contributed by atoms with Gasteiger partial charge in [0.2, 0.25) is 0 Å². The first-order valence-corrected chi connectivity index (χ1v) is 4.79. The maximum atomic E-state index is 5.67. The Morgan fingerprint density at radius 3 is 3.00 bits per heavy atom. The Kier molecular flexibility index (Phi) is 2.22. The molecule has 4 heteroatoms. The van der Waals surface area contributed by atoms with E-state index in [4.69, 9.17) is 5.73 Å². The van der Waals surface area contributed by atoms with E-state index in [2.05, 4.69) is 10.3 Å². The lowest BCUT2D eigenvalue weighted by atomic mass is 10.0. The van der Waals surface area contributed by atoms with Crippen LogP contribution in [-0.4, -0.2) is 16.1 Å². The molecule has 0 spiro atoms. The van der Waals surface area contributed by atoms with Gasteiger partial charge in [-0.3, -0.25) is 0 Å². The standard InChI is InChI=1S/C9H16N4/c1-13-6-8(12-9(13)10)7-4-2-3-5-11-7/h6-7,11H,2-5H2,1H3,(H2,10,12)/t7-/m0/s1. The van der Waals surface area contributed by atoms with Gasteiger partial charge in [0, 0.05) is 13.2 Å². The van der Waals surface area contributed by atoms with Crippen LogP contribution in [0.4, 0.5) is 5.95 Å². The van der Waals surface area contributed by atoms with Gasteiger partial charge < -0.3 is 15.6 Å². The van der Waals surface area contributed by atoms with Crippen LogP contribution in [0.5, 0.6) is 0 Å². The fraction of sp³-hybridized carbons (Fsp3) is 0.667. The smallest absolute Gasteiger partial charge is 0.200 e. The van der Waals surface area contributed by atoms with Gasteiger partial charge in [-0.2, -0.15) is 0 Å². The van der Waals surface area contributed by atoms with E-state index in [0.717, 1.165) is 12.2 Å². The van der Waals surface area contributed by atoms with E-state index in [1.807, 2.05) is 17.8 Å². The fourth-order valence-electron chi connectivity index (χ4n) is 1.78. The Hall–Kier alpha value is -1.03. The maximum Gasteiger partial charge on any atom is 0.200 e. The fourth-order valence-corrected chi connectivity index (χ4v) is 1.78. The van der Waals surface area contributed by atoms with E-state index in [-0.39, 0.29) is 0 Å². The molecule has 72 valence electrons. The van der Waals surface area contributed by atoms with Gasteiger partial charge in [0.25, 0.3) is 0 Å². The minimum absolute atomic E-state index is 0.414. The summed E-state index contributed by atoms with van der Waals surface area (Å²) in [5.74, 6) is 0.599. The molecular weight excluding hydrogens is 164 g/mol. The molecule has 0 aromatic carbocycles. The molecule has 1 aromatic rings. The van der Waals surface area contributed by atoms with Crippen LogP contribution in [0.15, 0.2) is 6.20 Å². The van der Waals surface area contributed by atoms with Crippen molar-refractivity contribution >= 4 is 5.95 Å². The highest BCUT2D eigenvalue weighted by Crippen LogP contribution is 2.22. The van der Waals surface area contributed by atoms with Gasteiger partial charge in [0.1, 0.15) is 0 Å². The molecule has 0 bridgehead atoms. The average molecular weight is 180 g/mol. The zero-order chi connectivity index (χ0) is 9.26. The molecule has 2 heterocycles. The van der Waals surface area contributed by atoms with Crippen LogP contribution in [-0.2, 0) is 7.05 Å². The van der Waals surface area contributed by atoms with Crippen molar-refractivity contribution in [2.24, 2.45) is 7.05 Å². The molecule has 4 nitrogen and oxygen atoms in total. The van der Waals surface area contributed by atoms with Crippen molar-refractivity contribution in [3.8, 4) is 0 Å². The Bertz CT molecular complexity index is 266. The van der Waals surface area contributed by atoms with Gasteiger partial charge in [0.15, 0.2) is 5.95 Å². The lowest BCUT2D eigenvalue weighted by molar-refractivity contribution is 0.406. The number of anilines is 1. The molecular formula is C9H16N4. The van der Waals surface area contributed by atoms with Crippen LogP contribution < -0.4 is 11.1 Å². The molecule has 1 saturated heterocycles. The molecule has 13 heavy (non-hydrogen) atoms. The van der Waals surface area contributed by atoms with Crippen LogP contribution in [0.25, 0.3) is 0 Å². The first-order valence-electron chi connectivity index (χ1n) is 4.79. The monoisotopic (exact) mass is 180 g/mol. The first-order chi connectivity index (χ1) is 6.27. The zero-order valence-electron chi connectivity index (χ0n) is 7.95. The summed E-state index contributed by atoms with van der Waals surface area (Å²) in [6, 6.07) is 0.414. The Balaban J connectivity index is 2.14. The van der Waals surface area contributed by atoms with Crippen LogP contribution in [0.1, 0.15) is 31.0 Å². The van der Waals surface area contributed by atoms with Gasteiger partial charge in [0.05, 0.1) is 11.7 Å². The minimum Gasteiger partial charge on any atom is -0.369 e. The third-order valence-electron chi connectivity index (χ3n) is 2.60. The van der Waals surface area contributed by atoms with E-state index < -0.39 is 0 Å². The normalized spacial score (nSPS) is 23.3. The van der Waals surface area contributed by atoms with Crippen LogP contribution in [0, 0.1) is 0 Å². The SMILES string of the molecule is Cn1cc([C@@H]2CCCCN2)nc1N. The van der Waals surface area contributed by atoms with Crippen molar-refractivity contribution in [1.82, 2.24) is 14.9 Å². The van der Waals surface area contributed by atoms with Crippen LogP contribution >= 0.6 is 0 Å². The van der Waals surface area contributed by atoms with Gasteiger partial charge in [-0.05, 0) is 19.4 Å². The molecule has 0 saturated carbocycles. The van der Waals surface area contributed by atoms with Crippen molar-refractivity contribution in [2.75, 3.05) is 12.3 Å². The Labute approximate surface area is 78.1 Å². The maximum absolute atomic E-state index is 5.67. The molecule has 0 aliphatic carbocycles. The number of hydrogen-bond acceptors (Lipinski definition) is 3. The number of nitrogens with two attached hydrogens (primary N) is 1. The second-order valence-corrected chi connectivity index (χ2v) is 3.64. The number of piperidine rings is 1. The molecule has 1 aromatic heterocycles. The molecule has 2 rings (SSSR count). The van der Waals surface area contributed by atoms with Gasteiger partial charge in [-0.1, -0.05) is 6.42 Å². The van der Waals surface area contributed by atoms with E-state index in [1.165, 1.54) is 19.3 Å². The lowest BCUT2D eigenvalue weighted by Crippen LogP contribution is -2.27. The summed E-state index contributed by atoms with van der Waals surface area (Å²) in [5.41, 5.74) is 6.75. The molecule has 1 aliphatic heterocycles. The van der Waals surface area contributed by atoms with Gasteiger partial charge in [-0.15, -0.1) is 0 Å². The quantitative estimate of drug-likeness (QED) is 0.672. The van der Waals surface area contributed by atoms with Crippen molar-refractivity contribution in [2.45, 2.75) is 25.3 Å².